The molecule has 0 aliphatic rings. The molecule has 0 spiro atoms. The Morgan fingerprint density at radius 3 is 2.83 bits per heavy atom. The molecule has 0 aliphatic heterocycles. The summed E-state index contributed by atoms with van der Waals surface area (Å²) in [5.74, 6) is -1.12. The highest BCUT2D eigenvalue weighted by Gasteiger charge is 2.08. The number of benzene rings is 1. The number of rotatable bonds is 7. The van der Waals surface area contributed by atoms with E-state index in [0.29, 0.717) is 23.0 Å². The van der Waals surface area contributed by atoms with E-state index < -0.39 is 18.5 Å². The second kappa shape index (κ2) is 9.36. The summed E-state index contributed by atoms with van der Waals surface area (Å²) in [6.45, 7) is 2.09. The number of carbonyl (C=O) groups excluding carboxylic acids is 2. The number of amides is 1. The number of carbonyl (C=O) groups is 2. The minimum atomic E-state index is -0.587. The largest absolute Gasteiger partial charge is 0.454 e. The van der Waals surface area contributed by atoms with Gasteiger partial charge in [-0.25, -0.2) is 4.79 Å². The van der Waals surface area contributed by atoms with Crippen molar-refractivity contribution in [2.75, 3.05) is 19.8 Å². The van der Waals surface area contributed by atoms with Crippen molar-refractivity contribution >= 4 is 34.8 Å². The molecule has 0 unspecified atom stereocenters. The number of esters is 1. The van der Waals surface area contributed by atoms with E-state index >= 15 is 0 Å². The third-order valence-electron chi connectivity index (χ3n) is 2.96. The highest BCUT2D eigenvalue weighted by atomic mass is 35.5. The van der Waals surface area contributed by atoms with Gasteiger partial charge in [0, 0.05) is 23.2 Å². The number of halogens is 1. The van der Waals surface area contributed by atoms with E-state index in [1.54, 1.807) is 6.92 Å². The molecular formula is C16H17ClN2O4S. The van der Waals surface area contributed by atoms with Crippen LogP contribution in [0, 0.1) is 0 Å². The molecule has 24 heavy (non-hydrogen) atoms. The molecule has 6 nitrogen and oxygen atoms in total. The van der Waals surface area contributed by atoms with Gasteiger partial charge in [-0.05, 0) is 18.6 Å². The van der Waals surface area contributed by atoms with Crippen molar-refractivity contribution in [3.8, 4) is 0 Å². The van der Waals surface area contributed by atoms with Gasteiger partial charge in [-0.1, -0.05) is 29.8 Å². The molecule has 1 aromatic heterocycles. The van der Waals surface area contributed by atoms with E-state index in [0.717, 1.165) is 5.56 Å². The van der Waals surface area contributed by atoms with Crippen molar-refractivity contribution in [1.29, 1.82) is 0 Å². The summed E-state index contributed by atoms with van der Waals surface area (Å²) >= 11 is 7.47. The van der Waals surface area contributed by atoms with Crippen LogP contribution in [0.15, 0.2) is 40.8 Å². The lowest BCUT2D eigenvalue weighted by atomic mass is 10.2. The molecular weight excluding hydrogens is 352 g/mol. The van der Waals surface area contributed by atoms with Crippen LogP contribution < -0.4 is 4.80 Å². The first-order valence-corrected chi connectivity index (χ1v) is 8.54. The number of hydrogen-bond acceptors (Lipinski definition) is 5. The molecule has 128 valence electrons. The molecule has 0 bridgehead atoms. The summed E-state index contributed by atoms with van der Waals surface area (Å²) in [5, 5.41) is 2.47. The van der Waals surface area contributed by atoms with Crippen molar-refractivity contribution in [2.45, 2.75) is 13.5 Å². The van der Waals surface area contributed by atoms with Crippen LogP contribution in [0.25, 0.3) is 0 Å². The number of hydrogen-bond donors (Lipinski definition) is 0. The lowest BCUT2D eigenvalue weighted by molar-refractivity contribution is -0.152. The minimum Gasteiger partial charge on any atom is -0.454 e. The van der Waals surface area contributed by atoms with Crippen molar-refractivity contribution in [2.24, 2.45) is 4.99 Å². The summed E-state index contributed by atoms with van der Waals surface area (Å²) in [7, 11) is 0. The molecule has 8 heteroatoms. The van der Waals surface area contributed by atoms with Gasteiger partial charge in [0.15, 0.2) is 11.4 Å². The van der Waals surface area contributed by atoms with Crippen LogP contribution in [0.1, 0.15) is 12.5 Å². The van der Waals surface area contributed by atoms with Crippen LogP contribution in [-0.2, 0) is 25.6 Å². The van der Waals surface area contributed by atoms with Crippen LogP contribution >= 0.6 is 22.9 Å². The Bertz CT molecular complexity index is 769. The molecule has 2 rings (SSSR count). The lowest BCUT2D eigenvalue weighted by Crippen LogP contribution is -2.21. The number of aromatic nitrogens is 1. The molecule has 1 aromatic carbocycles. The summed E-state index contributed by atoms with van der Waals surface area (Å²) in [5.41, 5.74) is 0.926. The van der Waals surface area contributed by atoms with Gasteiger partial charge < -0.3 is 14.0 Å². The zero-order valence-corrected chi connectivity index (χ0v) is 14.7. The fourth-order valence-corrected chi connectivity index (χ4v) is 2.77. The average Bonchev–Trinajstić information content (AvgIpc) is 3.00. The predicted octanol–water partition coefficient (Wildman–Crippen LogP) is 2.26. The van der Waals surface area contributed by atoms with E-state index in [4.69, 9.17) is 21.1 Å². The Balaban J connectivity index is 2.01. The van der Waals surface area contributed by atoms with E-state index in [1.807, 2.05) is 40.4 Å². The smallest absolute Gasteiger partial charge is 0.332 e. The molecule has 0 radical (unpaired) electrons. The molecule has 0 saturated carbocycles. The summed E-state index contributed by atoms with van der Waals surface area (Å²) in [6, 6.07) is 7.47. The molecule has 0 N–H and O–H groups in total. The second-order valence-corrected chi connectivity index (χ2v) is 5.99. The van der Waals surface area contributed by atoms with Gasteiger partial charge in [-0.3, -0.25) is 4.79 Å². The molecule has 1 amide bonds. The minimum absolute atomic E-state index is 0.171. The Morgan fingerprint density at radius 1 is 1.29 bits per heavy atom. The topological polar surface area (TPSA) is 69.9 Å². The molecule has 0 fully saturated rings. The Morgan fingerprint density at radius 2 is 2.08 bits per heavy atom. The second-order valence-electron chi connectivity index (χ2n) is 4.71. The van der Waals surface area contributed by atoms with E-state index in [-0.39, 0.29) is 6.61 Å². The Hall–Kier alpha value is -1.96. The van der Waals surface area contributed by atoms with Crippen LogP contribution in [0.2, 0.25) is 5.02 Å². The third kappa shape index (κ3) is 5.59. The summed E-state index contributed by atoms with van der Waals surface area (Å²) < 4.78 is 11.5. The lowest BCUT2D eigenvalue weighted by Gasteiger charge is -2.05. The zero-order valence-electron chi connectivity index (χ0n) is 13.1. The first kappa shape index (κ1) is 18.4. The van der Waals surface area contributed by atoms with E-state index in [9.17, 15) is 9.59 Å². The fraction of sp³-hybridized carbons (Fsp3) is 0.312. The Kier molecular flexibility index (Phi) is 7.17. The number of thiazole rings is 1. The van der Waals surface area contributed by atoms with Gasteiger partial charge >= 0.3 is 5.97 Å². The molecule has 0 saturated heterocycles. The highest BCUT2D eigenvalue weighted by molar-refractivity contribution is 7.07. The van der Waals surface area contributed by atoms with Gasteiger partial charge in [-0.2, -0.15) is 4.99 Å². The maximum atomic E-state index is 11.8. The third-order valence-corrected chi connectivity index (χ3v) is 4.12. The van der Waals surface area contributed by atoms with Crippen molar-refractivity contribution in [3.63, 3.8) is 0 Å². The highest BCUT2D eigenvalue weighted by Crippen LogP contribution is 2.15. The van der Waals surface area contributed by atoms with Gasteiger partial charge in [0.1, 0.15) is 6.61 Å². The summed E-state index contributed by atoms with van der Waals surface area (Å²) in [4.78, 5) is 27.6. The van der Waals surface area contributed by atoms with Gasteiger partial charge in [-0.15, -0.1) is 11.3 Å². The van der Waals surface area contributed by atoms with Crippen molar-refractivity contribution in [3.05, 3.63) is 51.2 Å². The first-order valence-electron chi connectivity index (χ1n) is 7.28. The van der Waals surface area contributed by atoms with Crippen LogP contribution in [0.4, 0.5) is 0 Å². The van der Waals surface area contributed by atoms with Crippen molar-refractivity contribution < 1.29 is 19.1 Å². The standard InChI is InChI=1S/C16H17ClN2O4S/c1-2-22-11-15(21)23-10-14(20)18-16-19(7-8-24-16)9-12-5-3-4-6-13(12)17/h3-8H,2,9-11H2,1H3. The summed E-state index contributed by atoms with van der Waals surface area (Å²) in [6.07, 6.45) is 1.82. The van der Waals surface area contributed by atoms with Gasteiger partial charge in [0.05, 0.1) is 6.54 Å². The average molecular weight is 369 g/mol. The van der Waals surface area contributed by atoms with Crippen LogP contribution in [0.5, 0.6) is 0 Å². The monoisotopic (exact) mass is 368 g/mol. The molecule has 2 aromatic rings. The first-order chi connectivity index (χ1) is 11.6. The van der Waals surface area contributed by atoms with Crippen molar-refractivity contribution in [1.82, 2.24) is 4.57 Å². The molecule has 1 heterocycles. The number of nitrogens with zero attached hydrogens (tertiary/aromatic N) is 2. The predicted molar refractivity (Wildman–Crippen MR) is 90.9 cm³/mol. The fourth-order valence-electron chi connectivity index (χ4n) is 1.83. The maximum absolute atomic E-state index is 11.8. The van der Waals surface area contributed by atoms with E-state index in [1.165, 1.54) is 11.3 Å². The van der Waals surface area contributed by atoms with Crippen LogP contribution in [0.3, 0.4) is 0 Å². The zero-order chi connectivity index (χ0) is 17.4. The number of ether oxygens (including phenoxy) is 2. The normalized spacial score (nSPS) is 11.5. The van der Waals surface area contributed by atoms with E-state index in [2.05, 4.69) is 4.99 Å². The Labute approximate surface area is 148 Å². The van der Waals surface area contributed by atoms with Gasteiger partial charge in [0.25, 0.3) is 5.91 Å². The van der Waals surface area contributed by atoms with Gasteiger partial charge in [0.2, 0.25) is 0 Å². The molecule has 0 atom stereocenters. The SMILES string of the molecule is CCOCC(=O)OCC(=O)N=c1sccn1Cc1ccccc1Cl. The van der Waals surface area contributed by atoms with Crippen LogP contribution in [-0.4, -0.2) is 36.3 Å². The molecule has 0 aliphatic carbocycles. The quantitative estimate of drug-likeness (QED) is 0.703. The maximum Gasteiger partial charge on any atom is 0.332 e.